The van der Waals surface area contributed by atoms with E-state index >= 15 is 0 Å². The van der Waals surface area contributed by atoms with Crippen molar-refractivity contribution in [3.05, 3.63) is 29.8 Å². The molecule has 0 aliphatic heterocycles. The van der Waals surface area contributed by atoms with Crippen LogP contribution >= 0.6 is 0 Å². The molecule has 10 nitrogen and oxygen atoms in total. The fourth-order valence-corrected chi connectivity index (χ4v) is 3.85. The number of amides is 4. The summed E-state index contributed by atoms with van der Waals surface area (Å²) in [5.74, 6) is -1.50. The van der Waals surface area contributed by atoms with Crippen molar-refractivity contribution < 1.29 is 29.0 Å². The van der Waals surface area contributed by atoms with Gasteiger partial charge in [-0.1, -0.05) is 38.8 Å². The minimum atomic E-state index is -1.14. The fourth-order valence-electron chi connectivity index (χ4n) is 3.85. The summed E-state index contributed by atoms with van der Waals surface area (Å²) in [5, 5.41) is 15.4. The molecule has 1 aromatic rings. The van der Waals surface area contributed by atoms with E-state index in [0.717, 1.165) is 19.3 Å². The third-order valence-corrected chi connectivity index (χ3v) is 5.58. The van der Waals surface area contributed by atoms with Gasteiger partial charge in [0.1, 0.15) is 23.4 Å². The number of aromatic hydroxyl groups is 1. The van der Waals surface area contributed by atoms with Crippen LogP contribution in [0.4, 0.5) is 4.79 Å². The number of alkyl carbamates (subject to hydrolysis) is 1. The molecule has 0 fully saturated rings. The summed E-state index contributed by atoms with van der Waals surface area (Å²) < 4.78 is 5.33. The number of benzene rings is 1. The van der Waals surface area contributed by atoms with Crippen molar-refractivity contribution in [2.45, 2.75) is 104 Å². The molecule has 0 spiro atoms. The molecule has 0 heterocycles. The number of nitrogens with one attached hydrogen (secondary N) is 2. The van der Waals surface area contributed by atoms with Gasteiger partial charge >= 0.3 is 6.09 Å². The molecule has 1 aromatic carbocycles. The minimum Gasteiger partial charge on any atom is -0.508 e. The highest BCUT2D eigenvalue weighted by molar-refractivity contribution is 5.92. The van der Waals surface area contributed by atoms with E-state index in [9.17, 15) is 24.3 Å². The Morgan fingerprint density at radius 1 is 1.03 bits per heavy atom. The number of carbonyl (C=O) groups is 4. The first-order valence-electron chi connectivity index (χ1n) is 13.0. The lowest BCUT2D eigenvalue weighted by molar-refractivity contribution is -0.143. The van der Waals surface area contributed by atoms with E-state index in [1.54, 1.807) is 32.9 Å². The fraction of sp³-hybridized carbons (Fsp3) is 0.630. The molecular formula is C27H44N4O6. The van der Waals surface area contributed by atoms with Gasteiger partial charge in [0.05, 0.1) is 0 Å². The van der Waals surface area contributed by atoms with Gasteiger partial charge in [0.2, 0.25) is 17.7 Å². The molecule has 208 valence electrons. The first-order chi connectivity index (χ1) is 17.3. The van der Waals surface area contributed by atoms with Crippen LogP contribution in [0.3, 0.4) is 0 Å². The molecule has 0 radical (unpaired) electrons. The van der Waals surface area contributed by atoms with Crippen LogP contribution in [0.2, 0.25) is 0 Å². The molecular weight excluding hydrogens is 476 g/mol. The van der Waals surface area contributed by atoms with Crippen LogP contribution in [0.15, 0.2) is 24.3 Å². The number of carbonyl (C=O) groups excluding carboxylic acids is 4. The molecule has 1 rings (SSSR count). The van der Waals surface area contributed by atoms with E-state index in [4.69, 9.17) is 10.5 Å². The highest BCUT2D eigenvalue weighted by Crippen LogP contribution is 2.26. The van der Waals surface area contributed by atoms with E-state index < -0.39 is 35.6 Å². The summed E-state index contributed by atoms with van der Waals surface area (Å²) in [4.78, 5) is 53.0. The summed E-state index contributed by atoms with van der Waals surface area (Å²) in [7, 11) is 0. The molecule has 0 aliphatic rings. The van der Waals surface area contributed by atoms with E-state index in [1.807, 2.05) is 20.8 Å². The third-order valence-electron chi connectivity index (χ3n) is 5.58. The SMILES string of the molecule is CCCCN(C(=O)C(CCC(N)=O)NC(=O)OC(C)(C)C)C(C(=O)NC(C)CCC)c1ccc(O)cc1. The first kappa shape index (κ1) is 31.7. The topological polar surface area (TPSA) is 151 Å². The second kappa shape index (κ2) is 15.1. The predicted molar refractivity (Wildman–Crippen MR) is 142 cm³/mol. The smallest absolute Gasteiger partial charge is 0.408 e. The number of hydrogen-bond acceptors (Lipinski definition) is 6. The number of phenols is 1. The van der Waals surface area contributed by atoms with E-state index in [2.05, 4.69) is 10.6 Å². The molecule has 4 amide bonds. The number of phenolic OH excluding ortho intramolecular Hbond substituents is 1. The van der Waals surface area contributed by atoms with Crippen LogP contribution < -0.4 is 16.4 Å². The van der Waals surface area contributed by atoms with Gasteiger partial charge in [-0.2, -0.15) is 0 Å². The zero-order valence-corrected chi connectivity index (χ0v) is 23.0. The average Bonchev–Trinajstić information content (AvgIpc) is 2.78. The van der Waals surface area contributed by atoms with E-state index in [-0.39, 0.29) is 37.1 Å². The van der Waals surface area contributed by atoms with Crippen molar-refractivity contribution in [1.29, 1.82) is 0 Å². The first-order valence-corrected chi connectivity index (χ1v) is 13.0. The largest absolute Gasteiger partial charge is 0.508 e. The van der Waals surface area contributed by atoms with Crippen molar-refractivity contribution in [3.8, 4) is 5.75 Å². The van der Waals surface area contributed by atoms with Crippen molar-refractivity contribution >= 4 is 23.8 Å². The Balaban J connectivity index is 3.46. The molecule has 3 atom stereocenters. The summed E-state index contributed by atoms with van der Waals surface area (Å²) >= 11 is 0. The van der Waals surface area contributed by atoms with E-state index in [0.29, 0.717) is 12.0 Å². The van der Waals surface area contributed by atoms with Crippen molar-refractivity contribution in [1.82, 2.24) is 15.5 Å². The van der Waals surface area contributed by atoms with E-state index in [1.165, 1.54) is 17.0 Å². The lowest BCUT2D eigenvalue weighted by Gasteiger charge is -2.35. The normalized spacial score (nSPS) is 13.7. The average molecular weight is 521 g/mol. The number of ether oxygens (including phenoxy) is 1. The zero-order valence-electron chi connectivity index (χ0n) is 23.0. The monoisotopic (exact) mass is 520 g/mol. The maximum Gasteiger partial charge on any atom is 0.408 e. The highest BCUT2D eigenvalue weighted by Gasteiger charge is 2.36. The quantitative estimate of drug-likeness (QED) is 0.295. The Kier molecular flexibility index (Phi) is 12.9. The third kappa shape index (κ3) is 11.5. The molecule has 0 aliphatic carbocycles. The summed E-state index contributed by atoms with van der Waals surface area (Å²) in [5.41, 5.74) is 5.04. The lowest BCUT2D eigenvalue weighted by atomic mass is 10.0. The molecule has 37 heavy (non-hydrogen) atoms. The van der Waals surface area contributed by atoms with Gasteiger partial charge in [-0.05, 0) is 64.7 Å². The molecule has 0 saturated heterocycles. The Hall–Kier alpha value is -3.30. The summed E-state index contributed by atoms with van der Waals surface area (Å²) in [6.45, 7) is 11.2. The summed E-state index contributed by atoms with van der Waals surface area (Å²) in [6.07, 6.45) is 1.99. The minimum absolute atomic E-state index is 0.0274. The van der Waals surface area contributed by atoms with Gasteiger partial charge < -0.3 is 31.1 Å². The summed E-state index contributed by atoms with van der Waals surface area (Å²) in [6, 6.07) is 3.82. The van der Waals surface area contributed by atoms with Crippen LogP contribution in [-0.4, -0.2) is 58.1 Å². The van der Waals surface area contributed by atoms with Gasteiger partial charge in [0, 0.05) is 19.0 Å². The number of primary amides is 1. The molecule has 0 aromatic heterocycles. The Morgan fingerprint density at radius 2 is 1.65 bits per heavy atom. The Labute approximate surface area is 220 Å². The molecule has 5 N–H and O–H groups in total. The van der Waals surface area contributed by atoms with Gasteiger partial charge in [-0.15, -0.1) is 0 Å². The van der Waals surface area contributed by atoms with Gasteiger partial charge in [0.15, 0.2) is 0 Å². The van der Waals surface area contributed by atoms with Crippen molar-refractivity contribution in [2.24, 2.45) is 5.73 Å². The molecule has 0 bridgehead atoms. The van der Waals surface area contributed by atoms with Gasteiger partial charge in [-0.25, -0.2) is 4.79 Å². The predicted octanol–water partition coefficient (Wildman–Crippen LogP) is 3.53. The Bertz CT molecular complexity index is 897. The lowest BCUT2D eigenvalue weighted by Crippen LogP contribution is -2.54. The Morgan fingerprint density at radius 3 is 2.16 bits per heavy atom. The second-order valence-corrected chi connectivity index (χ2v) is 10.3. The number of hydrogen-bond donors (Lipinski definition) is 4. The second-order valence-electron chi connectivity index (χ2n) is 10.3. The van der Waals surface area contributed by atoms with Crippen molar-refractivity contribution in [2.75, 3.05) is 6.54 Å². The van der Waals surface area contributed by atoms with Crippen LogP contribution in [-0.2, 0) is 19.1 Å². The van der Waals surface area contributed by atoms with Crippen molar-refractivity contribution in [3.63, 3.8) is 0 Å². The van der Waals surface area contributed by atoms with Crippen LogP contribution in [0.5, 0.6) is 5.75 Å². The number of unbranched alkanes of at least 4 members (excludes halogenated alkanes) is 1. The highest BCUT2D eigenvalue weighted by atomic mass is 16.6. The molecule has 3 unspecified atom stereocenters. The molecule has 10 heteroatoms. The van der Waals surface area contributed by atoms with Crippen LogP contribution in [0, 0.1) is 0 Å². The number of rotatable bonds is 14. The molecule has 0 saturated carbocycles. The van der Waals surface area contributed by atoms with Gasteiger partial charge in [0.25, 0.3) is 0 Å². The maximum atomic E-state index is 13.9. The number of nitrogens with two attached hydrogens (primary N) is 1. The standard InChI is InChI=1S/C27H44N4O6/c1-7-9-17-31(25(35)21(15-16-22(28)33)30-26(36)37-27(4,5)6)23(19-11-13-20(32)14-12-19)24(34)29-18(3)10-8-2/h11-14,18,21,23,32H,7-10,15-17H2,1-6H3,(H2,28,33)(H,29,34)(H,30,36). The zero-order chi connectivity index (χ0) is 28.2. The van der Waals surface area contributed by atoms with Gasteiger partial charge in [-0.3, -0.25) is 14.4 Å². The van der Waals surface area contributed by atoms with Crippen LogP contribution in [0.1, 0.15) is 91.7 Å². The van der Waals surface area contributed by atoms with Crippen LogP contribution in [0.25, 0.3) is 0 Å². The number of nitrogens with zero attached hydrogens (tertiary/aromatic N) is 1. The maximum absolute atomic E-state index is 13.9.